The maximum Gasteiger partial charge on any atom is 0.295 e. The summed E-state index contributed by atoms with van der Waals surface area (Å²) in [4.78, 5) is 63.2. The molecule has 0 bridgehead atoms. The van der Waals surface area contributed by atoms with E-state index in [9.17, 15) is 40.3 Å². The van der Waals surface area contributed by atoms with Crippen molar-refractivity contribution < 1.29 is 48.9 Å². The van der Waals surface area contributed by atoms with Crippen molar-refractivity contribution in [3.63, 3.8) is 0 Å². The molecule has 1 aliphatic heterocycles. The van der Waals surface area contributed by atoms with Crippen LogP contribution in [0.3, 0.4) is 0 Å². The van der Waals surface area contributed by atoms with Crippen LogP contribution in [0, 0.1) is 58.9 Å². The molecule has 0 spiro atoms. The molecule has 1 N–H and O–H groups in total. The highest BCUT2D eigenvalue weighted by Gasteiger charge is 2.83. The zero-order valence-electron chi connectivity index (χ0n) is 24.4. The highest BCUT2D eigenvalue weighted by molar-refractivity contribution is 5.93. The molecule has 5 aliphatic rings. The second-order valence-electron chi connectivity index (χ2n) is 13.4. The zero-order valence-corrected chi connectivity index (χ0v) is 24.4. The van der Waals surface area contributed by atoms with Gasteiger partial charge in [0.25, 0.3) is 15.3 Å². The fourth-order valence-corrected chi connectivity index (χ4v) is 9.36. The van der Waals surface area contributed by atoms with Crippen molar-refractivity contribution in [3.05, 3.63) is 54.1 Å². The van der Waals surface area contributed by atoms with Gasteiger partial charge in [-0.15, -0.1) is 35.4 Å². The number of halogens is 1. The number of carbonyl (C=O) groups is 1. The molecule has 1 heterocycles. The molecule has 17 heteroatoms. The monoisotopic (exact) mass is 614 g/mol. The Hall–Kier alpha value is -3.44. The predicted molar refractivity (Wildman–Crippen MR) is 139 cm³/mol. The summed E-state index contributed by atoms with van der Waals surface area (Å²) >= 11 is 0. The highest BCUT2D eigenvalue weighted by atomic mass is 19.1. The first-order valence-electron chi connectivity index (χ1n) is 14.0. The number of carbonyl (C=O) groups excluding carboxylic acids is 1. The molecule has 3 fully saturated rings. The van der Waals surface area contributed by atoms with Crippen molar-refractivity contribution >= 4 is 5.78 Å². The quantitative estimate of drug-likeness (QED) is 0.237. The van der Waals surface area contributed by atoms with Crippen molar-refractivity contribution in [2.45, 2.75) is 88.9 Å². The normalized spacial score (nSPS) is 44.9. The minimum Gasteiger partial charge on any atom is -0.352 e. The number of alkyl halides is 1. The summed E-state index contributed by atoms with van der Waals surface area (Å²) in [5.41, 5.74) is -11.0. The molecule has 0 aromatic rings. The number of hydrogen-bond donors (Lipinski definition) is 1. The molecule has 9 atom stereocenters. The molecule has 0 amide bonds. The summed E-state index contributed by atoms with van der Waals surface area (Å²) < 4.78 is 24.1. The molecule has 16 nitrogen and oxygen atoms in total. The number of allylic oxidation sites excluding steroid dienone is 4. The standard InChI is InChI=1S/C26H35FN4O12/c1-15-10-19-18-7-6-16-11-17(32)8-9-22(16,4)25(18,27)20(42-30(36)37)12-23(19,5)26(15,43-31(38)39)24(14-41-29(34)35)28(33)21(2,3)13-40-24/h6,8-9,15,18-20,33H,7,10-14H2,1-5H3/t15-,18?,19?,20+,22+,23+,24?,25+,26-/m1/s1. The van der Waals surface area contributed by atoms with Crippen LogP contribution >= 0.6 is 0 Å². The second-order valence-corrected chi connectivity index (χ2v) is 13.4. The topological polar surface area (TPSA) is 207 Å². The summed E-state index contributed by atoms with van der Waals surface area (Å²) in [6.45, 7) is 6.44. The number of ketones is 1. The van der Waals surface area contributed by atoms with Crippen molar-refractivity contribution in [1.29, 1.82) is 0 Å². The largest absolute Gasteiger partial charge is 0.352 e. The van der Waals surface area contributed by atoms with Crippen LogP contribution in [0.15, 0.2) is 23.8 Å². The van der Waals surface area contributed by atoms with Crippen LogP contribution in [0.2, 0.25) is 0 Å². The lowest BCUT2D eigenvalue weighted by atomic mass is 9.44. The molecular weight excluding hydrogens is 579 g/mol. The van der Waals surface area contributed by atoms with Crippen LogP contribution in [0.4, 0.5) is 4.39 Å². The van der Waals surface area contributed by atoms with Crippen molar-refractivity contribution in [2.24, 2.45) is 28.6 Å². The SMILES string of the molecule is C[C@@H]1CC2C3CC=C4CC(=O)C=C[C@]4(C)[C@@]3(F)[C@@H](O[N+](=O)[O-])C[C@]2(C)[C@@]1(O[N+](=O)[O-])C1(CO[N+](=O)[O-])OCC(C)(C)N1O. The average molecular weight is 615 g/mol. The van der Waals surface area contributed by atoms with E-state index in [1.54, 1.807) is 19.9 Å². The van der Waals surface area contributed by atoms with Crippen LogP contribution in [-0.4, -0.2) is 73.2 Å². The van der Waals surface area contributed by atoms with Crippen LogP contribution in [0.25, 0.3) is 0 Å². The lowest BCUT2D eigenvalue weighted by molar-refractivity contribution is -0.804. The van der Waals surface area contributed by atoms with Crippen molar-refractivity contribution in [1.82, 2.24) is 5.06 Å². The first-order valence-corrected chi connectivity index (χ1v) is 14.0. The third-order valence-corrected chi connectivity index (χ3v) is 11.1. The second kappa shape index (κ2) is 9.53. The van der Waals surface area contributed by atoms with Crippen LogP contribution in [0.1, 0.15) is 60.3 Å². The number of hydrogen-bond acceptors (Lipinski definition) is 13. The summed E-state index contributed by atoms with van der Waals surface area (Å²) in [7, 11) is 0. The van der Waals surface area contributed by atoms with E-state index in [1.165, 1.54) is 32.9 Å². The van der Waals surface area contributed by atoms with Gasteiger partial charge in [0, 0.05) is 23.2 Å². The lowest BCUT2D eigenvalue weighted by Gasteiger charge is -2.64. The molecule has 5 rings (SSSR count). The Labute approximate surface area is 245 Å². The van der Waals surface area contributed by atoms with Gasteiger partial charge in [0.15, 0.2) is 22.8 Å². The van der Waals surface area contributed by atoms with E-state index in [4.69, 9.17) is 19.2 Å². The van der Waals surface area contributed by atoms with Gasteiger partial charge >= 0.3 is 0 Å². The summed E-state index contributed by atoms with van der Waals surface area (Å²) in [6, 6.07) is 0. The molecule has 0 aromatic heterocycles. The number of ether oxygens (including phenoxy) is 1. The number of fused-ring (bicyclic) bond motifs is 5. The maximum atomic E-state index is 18.1. The van der Waals surface area contributed by atoms with Gasteiger partial charge in [-0.3, -0.25) is 4.79 Å². The number of nitrogens with zero attached hydrogens (tertiary/aromatic N) is 4. The average Bonchev–Trinajstić information content (AvgIpc) is 3.26. The van der Waals surface area contributed by atoms with Gasteiger partial charge < -0.3 is 24.5 Å². The summed E-state index contributed by atoms with van der Waals surface area (Å²) in [5.74, 6) is -3.03. The van der Waals surface area contributed by atoms with Gasteiger partial charge in [-0.25, -0.2) is 4.39 Å². The minimum atomic E-state index is -2.45. The fourth-order valence-electron chi connectivity index (χ4n) is 9.36. The van der Waals surface area contributed by atoms with E-state index in [1.807, 2.05) is 0 Å². The smallest absolute Gasteiger partial charge is 0.295 e. The maximum absolute atomic E-state index is 18.1. The van der Waals surface area contributed by atoms with Crippen LogP contribution < -0.4 is 0 Å². The van der Waals surface area contributed by atoms with E-state index >= 15 is 4.39 Å². The van der Waals surface area contributed by atoms with Gasteiger partial charge in [0.05, 0.1) is 12.1 Å². The van der Waals surface area contributed by atoms with Crippen LogP contribution in [0.5, 0.6) is 0 Å². The van der Waals surface area contributed by atoms with E-state index in [2.05, 4.69) is 0 Å². The lowest BCUT2D eigenvalue weighted by Crippen LogP contribution is -2.77. The van der Waals surface area contributed by atoms with Gasteiger partial charge in [0.1, 0.15) is 12.7 Å². The van der Waals surface area contributed by atoms with Crippen LogP contribution in [-0.2, 0) is 24.0 Å². The third-order valence-electron chi connectivity index (χ3n) is 11.1. The molecule has 1 saturated heterocycles. The van der Waals surface area contributed by atoms with Gasteiger partial charge in [-0.05, 0) is 57.9 Å². The Kier molecular flexibility index (Phi) is 6.87. The van der Waals surface area contributed by atoms with Crippen molar-refractivity contribution in [3.8, 4) is 0 Å². The summed E-state index contributed by atoms with van der Waals surface area (Å²) in [6.07, 6.45) is 2.03. The van der Waals surface area contributed by atoms with E-state index in [-0.39, 0.29) is 31.7 Å². The molecule has 4 aliphatic carbocycles. The highest BCUT2D eigenvalue weighted by Crippen LogP contribution is 2.74. The number of rotatable bonds is 8. The number of hydroxylamine groups is 2. The molecule has 2 saturated carbocycles. The van der Waals surface area contributed by atoms with E-state index < -0.39 is 85.5 Å². The Morgan fingerprint density at radius 1 is 1.12 bits per heavy atom. The molecule has 3 unspecified atom stereocenters. The summed E-state index contributed by atoms with van der Waals surface area (Å²) in [5, 5.41) is 44.4. The fraction of sp³-hybridized carbons (Fsp3) is 0.808. The molecule has 238 valence electrons. The molecule has 0 aromatic carbocycles. The molecular formula is C26H35FN4O12. The van der Waals surface area contributed by atoms with E-state index in [0.29, 0.717) is 10.6 Å². The van der Waals surface area contributed by atoms with Crippen molar-refractivity contribution in [2.75, 3.05) is 13.2 Å². The zero-order chi connectivity index (χ0) is 32.0. The Balaban J connectivity index is 1.76. The predicted octanol–water partition coefficient (Wildman–Crippen LogP) is 3.17. The third kappa shape index (κ3) is 3.86. The van der Waals surface area contributed by atoms with Gasteiger partial charge in [-0.2, -0.15) is 0 Å². The molecule has 0 radical (unpaired) electrons. The molecule has 43 heavy (non-hydrogen) atoms. The first-order chi connectivity index (χ1) is 19.8. The van der Waals surface area contributed by atoms with Gasteiger partial charge in [0.2, 0.25) is 0 Å². The first kappa shape index (κ1) is 31.0. The Morgan fingerprint density at radius 3 is 2.35 bits per heavy atom. The van der Waals surface area contributed by atoms with Gasteiger partial charge in [-0.1, -0.05) is 31.6 Å². The van der Waals surface area contributed by atoms with E-state index in [0.717, 1.165) is 0 Å². The Bertz CT molecular complexity index is 1330. The Morgan fingerprint density at radius 2 is 1.79 bits per heavy atom. The minimum absolute atomic E-state index is 0.0230.